The normalized spacial score (nSPS) is 23.6. The maximum atomic E-state index is 11.4. The zero-order valence-electron chi connectivity index (χ0n) is 14.3. The van der Waals surface area contributed by atoms with Crippen LogP contribution in [0.2, 0.25) is 0 Å². The minimum absolute atomic E-state index is 0.261. The molecule has 130 valence electrons. The van der Waals surface area contributed by atoms with Gasteiger partial charge in [-0.25, -0.2) is 13.1 Å². The lowest BCUT2D eigenvalue weighted by atomic mass is 10.1. The second-order valence-corrected chi connectivity index (χ2v) is 10.1. The van der Waals surface area contributed by atoms with Crippen LogP contribution >= 0.6 is 11.8 Å². The first-order valence-corrected chi connectivity index (χ1v) is 10.6. The van der Waals surface area contributed by atoms with E-state index in [0.29, 0.717) is 6.54 Å². The molecule has 0 aromatic heterocycles. The Bertz CT molecular complexity index is 483. The van der Waals surface area contributed by atoms with Gasteiger partial charge in [-0.15, -0.1) is 0 Å². The third-order valence-corrected chi connectivity index (χ3v) is 5.83. The van der Waals surface area contributed by atoms with Gasteiger partial charge >= 0.3 is 0 Å². The van der Waals surface area contributed by atoms with E-state index in [2.05, 4.69) is 27.3 Å². The smallest absolute Gasteiger partial charge is 0.209 e. The molecule has 1 atom stereocenters. The summed E-state index contributed by atoms with van der Waals surface area (Å²) in [6.07, 6.45) is 3.65. The van der Waals surface area contributed by atoms with Crippen molar-refractivity contribution in [1.82, 2.24) is 15.4 Å². The third kappa shape index (κ3) is 7.69. The van der Waals surface area contributed by atoms with Crippen molar-refractivity contribution in [3.8, 4) is 0 Å². The second kappa shape index (κ2) is 7.88. The number of rotatable bonds is 7. The number of thioether (sulfide) groups is 1. The van der Waals surface area contributed by atoms with Gasteiger partial charge in [-0.2, -0.15) is 11.8 Å². The Morgan fingerprint density at radius 1 is 1.36 bits per heavy atom. The van der Waals surface area contributed by atoms with Gasteiger partial charge in [0.15, 0.2) is 5.96 Å². The van der Waals surface area contributed by atoms with Crippen LogP contribution in [-0.4, -0.2) is 56.3 Å². The molecule has 6 nitrogen and oxygen atoms in total. The first-order chi connectivity index (χ1) is 10.1. The van der Waals surface area contributed by atoms with E-state index in [1.165, 1.54) is 24.9 Å². The molecule has 1 aliphatic rings. The van der Waals surface area contributed by atoms with Crippen molar-refractivity contribution in [2.45, 2.75) is 50.8 Å². The minimum atomic E-state index is -3.24. The van der Waals surface area contributed by atoms with E-state index in [4.69, 9.17) is 0 Å². The molecule has 1 rings (SSSR count). The highest BCUT2D eigenvalue weighted by Gasteiger charge is 2.29. The van der Waals surface area contributed by atoms with E-state index in [1.54, 1.807) is 0 Å². The largest absolute Gasteiger partial charge is 0.357 e. The third-order valence-electron chi connectivity index (χ3n) is 3.37. The number of hydrogen-bond donors (Lipinski definition) is 3. The maximum absolute atomic E-state index is 11.4. The quantitative estimate of drug-likeness (QED) is 0.474. The highest BCUT2D eigenvalue weighted by molar-refractivity contribution is 8.00. The van der Waals surface area contributed by atoms with Gasteiger partial charge in [0.05, 0.1) is 12.8 Å². The highest BCUT2D eigenvalue weighted by atomic mass is 32.2. The van der Waals surface area contributed by atoms with E-state index < -0.39 is 15.6 Å². The summed E-state index contributed by atoms with van der Waals surface area (Å²) in [5, 5.41) is 6.59. The van der Waals surface area contributed by atoms with Gasteiger partial charge in [0.1, 0.15) is 0 Å². The van der Waals surface area contributed by atoms with Gasteiger partial charge in [0.2, 0.25) is 10.0 Å². The lowest BCUT2D eigenvalue weighted by molar-refractivity contribution is 0.464. The predicted molar refractivity (Wildman–Crippen MR) is 96.1 cm³/mol. The Balaban J connectivity index is 2.61. The molecule has 0 spiro atoms. The number of aliphatic imine (C=N–C) groups is 1. The summed E-state index contributed by atoms with van der Waals surface area (Å²) in [7, 11) is -3.24. The molecular formula is C14H30N4O2S2. The fourth-order valence-electron chi connectivity index (χ4n) is 2.40. The molecule has 1 aliphatic heterocycles. The zero-order chi connectivity index (χ0) is 16.9. The number of sulfonamides is 1. The van der Waals surface area contributed by atoms with Crippen molar-refractivity contribution in [3.05, 3.63) is 0 Å². The van der Waals surface area contributed by atoms with Gasteiger partial charge in [-0.1, -0.05) is 0 Å². The zero-order valence-corrected chi connectivity index (χ0v) is 16.0. The van der Waals surface area contributed by atoms with Gasteiger partial charge in [0.25, 0.3) is 0 Å². The Labute approximate surface area is 139 Å². The highest BCUT2D eigenvalue weighted by Crippen LogP contribution is 2.36. The summed E-state index contributed by atoms with van der Waals surface area (Å²) < 4.78 is 25.6. The van der Waals surface area contributed by atoms with Crippen LogP contribution in [0.4, 0.5) is 0 Å². The molecule has 0 bridgehead atoms. The summed E-state index contributed by atoms with van der Waals surface area (Å²) in [5.41, 5.74) is -0.609. The van der Waals surface area contributed by atoms with Crippen molar-refractivity contribution < 1.29 is 8.42 Å². The molecule has 0 aromatic carbocycles. The molecule has 1 saturated heterocycles. The van der Waals surface area contributed by atoms with E-state index in [1.807, 2.05) is 32.5 Å². The van der Waals surface area contributed by atoms with Crippen LogP contribution in [0.15, 0.2) is 4.99 Å². The van der Waals surface area contributed by atoms with Crippen LogP contribution in [0.1, 0.15) is 40.5 Å². The molecule has 22 heavy (non-hydrogen) atoms. The predicted octanol–water partition coefficient (Wildman–Crippen LogP) is 1.16. The van der Waals surface area contributed by atoms with Crippen LogP contribution in [0.5, 0.6) is 0 Å². The summed E-state index contributed by atoms with van der Waals surface area (Å²) >= 11 is 2.00. The van der Waals surface area contributed by atoms with Crippen molar-refractivity contribution >= 4 is 27.7 Å². The topological polar surface area (TPSA) is 82.6 Å². The van der Waals surface area contributed by atoms with E-state index in [9.17, 15) is 8.42 Å². The molecule has 0 amide bonds. The second-order valence-electron chi connectivity index (χ2n) is 6.71. The Kier molecular flexibility index (Phi) is 7.01. The summed E-state index contributed by atoms with van der Waals surface area (Å²) in [6, 6.07) is 0. The number of nitrogens with zero attached hydrogens (tertiary/aromatic N) is 1. The Hall–Kier alpha value is -0.470. The lowest BCUT2D eigenvalue weighted by Gasteiger charge is -2.26. The van der Waals surface area contributed by atoms with E-state index >= 15 is 0 Å². The van der Waals surface area contributed by atoms with Crippen LogP contribution < -0.4 is 15.4 Å². The summed E-state index contributed by atoms with van der Waals surface area (Å²) in [6.45, 7) is 9.96. The molecular weight excluding hydrogens is 320 g/mol. The monoisotopic (exact) mass is 350 g/mol. The molecule has 1 unspecified atom stereocenters. The standard InChI is InChI=1S/C14H30N4O2S2/c1-6-15-12(17-11-14(4)8-7-9-21-14)16-10-13(2,3)18-22(5,19)20/h18H,6-11H2,1-5H3,(H2,15,16,17). The lowest BCUT2D eigenvalue weighted by Crippen LogP contribution is -2.48. The van der Waals surface area contributed by atoms with Crippen LogP contribution in [-0.2, 0) is 10.0 Å². The summed E-state index contributed by atoms with van der Waals surface area (Å²) in [5.74, 6) is 1.96. The van der Waals surface area contributed by atoms with Crippen LogP contribution in [0.25, 0.3) is 0 Å². The number of hydrogen-bond acceptors (Lipinski definition) is 4. The van der Waals surface area contributed by atoms with E-state index in [0.717, 1.165) is 19.0 Å². The number of guanidine groups is 1. The Morgan fingerprint density at radius 3 is 2.55 bits per heavy atom. The molecule has 0 saturated carbocycles. The molecule has 0 radical (unpaired) electrons. The van der Waals surface area contributed by atoms with Gasteiger partial charge < -0.3 is 10.6 Å². The Morgan fingerprint density at radius 2 is 2.05 bits per heavy atom. The fraction of sp³-hybridized carbons (Fsp3) is 0.929. The van der Waals surface area contributed by atoms with Crippen LogP contribution in [0.3, 0.4) is 0 Å². The minimum Gasteiger partial charge on any atom is -0.357 e. The SMILES string of the molecule is CCNC(=NCC(C)(C)NS(C)(=O)=O)NCC1(C)CCCS1. The molecule has 1 fully saturated rings. The fourth-order valence-corrected chi connectivity index (χ4v) is 4.71. The molecule has 0 aromatic rings. The number of nitrogens with one attached hydrogen (secondary N) is 3. The first-order valence-electron chi connectivity index (χ1n) is 7.70. The van der Waals surface area contributed by atoms with Crippen molar-refractivity contribution in [2.24, 2.45) is 4.99 Å². The van der Waals surface area contributed by atoms with Gasteiger partial charge in [0, 0.05) is 23.4 Å². The molecule has 1 heterocycles. The van der Waals surface area contributed by atoms with Crippen LogP contribution in [0, 0.1) is 0 Å². The average molecular weight is 351 g/mol. The molecule has 3 N–H and O–H groups in total. The van der Waals surface area contributed by atoms with Crippen molar-refractivity contribution in [1.29, 1.82) is 0 Å². The van der Waals surface area contributed by atoms with E-state index in [-0.39, 0.29) is 4.75 Å². The van der Waals surface area contributed by atoms with Gasteiger partial charge in [-0.3, -0.25) is 4.99 Å². The molecule has 0 aliphatic carbocycles. The summed E-state index contributed by atoms with van der Waals surface area (Å²) in [4.78, 5) is 4.52. The molecule has 8 heteroatoms. The first kappa shape index (κ1) is 19.6. The average Bonchev–Trinajstić information content (AvgIpc) is 2.77. The van der Waals surface area contributed by atoms with Crippen molar-refractivity contribution in [3.63, 3.8) is 0 Å². The van der Waals surface area contributed by atoms with Gasteiger partial charge in [-0.05, 0) is 46.3 Å². The maximum Gasteiger partial charge on any atom is 0.209 e. The van der Waals surface area contributed by atoms with Crippen molar-refractivity contribution in [2.75, 3.05) is 31.6 Å².